The number of rotatable bonds is 17. The third kappa shape index (κ3) is 11.7. The maximum absolute atomic E-state index is 13.2. The van der Waals surface area contributed by atoms with Gasteiger partial charge in [0.2, 0.25) is 0 Å². The Morgan fingerprint density at radius 3 is 1.84 bits per heavy atom. The van der Waals surface area contributed by atoms with Crippen molar-refractivity contribution in [2.45, 2.75) is 90.1 Å². The Balaban J connectivity index is 0.000000452. The molecule has 51 heavy (non-hydrogen) atoms. The fourth-order valence-corrected chi connectivity index (χ4v) is 8.47. The number of hydrogen-bond donors (Lipinski definition) is 1. The van der Waals surface area contributed by atoms with Crippen molar-refractivity contribution >= 4 is 13.4 Å². The maximum atomic E-state index is 13.2. The van der Waals surface area contributed by atoms with E-state index in [-0.39, 0.29) is 0 Å². The van der Waals surface area contributed by atoms with E-state index in [1.54, 1.807) is 0 Å². The number of alkyl halides is 3. The number of aryl methyl sites for hydroxylation is 4. The van der Waals surface area contributed by atoms with Gasteiger partial charge < -0.3 is 9.84 Å². The van der Waals surface area contributed by atoms with E-state index in [4.69, 9.17) is 4.52 Å². The van der Waals surface area contributed by atoms with Gasteiger partial charge in [0.05, 0.1) is 12.0 Å². The molecule has 0 aliphatic heterocycles. The van der Waals surface area contributed by atoms with Crippen molar-refractivity contribution in [2.75, 3.05) is 26.0 Å². The van der Waals surface area contributed by atoms with Crippen molar-refractivity contribution in [2.24, 2.45) is 0 Å². The van der Waals surface area contributed by atoms with Crippen LogP contribution in [0, 0.1) is 13.8 Å². The van der Waals surface area contributed by atoms with Gasteiger partial charge in [-0.25, -0.2) is 0 Å². The molecule has 0 amide bonds. The molecule has 2 aromatic carbocycles. The normalized spacial score (nSPS) is 14.1. The third-order valence-electron chi connectivity index (χ3n) is 9.42. The van der Waals surface area contributed by atoms with Gasteiger partial charge in [0, 0.05) is 28.5 Å². The first-order valence-corrected chi connectivity index (χ1v) is 20.8. The first-order valence-electron chi connectivity index (χ1n) is 18.2. The molecule has 0 radical (unpaired) electrons. The molecule has 1 aliphatic rings. The van der Waals surface area contributed by atoms with Gasteiger partial charge in [0.15, 0.2) is 0 Å². The lowest BCUT2D eigenvalue weighted by Gasteiger charge is -2.35. The number of benzene rings is 2. The average molecular weight is 718 g/mol. The number of fused-ring (bicyclic) bond motifs is 3. The van der Waals surface area contributed by atoms with E-state index in [9.17, 15) is 13.2 Å². The molecule has 274 valence electrons. The Labute approximate surface area is 304 Å². The van der Waals surface area contributed by atoms with E-state index in [1.165, 1.54) is 18.5 Å². The van der Waals surface area contributed by atoms with Gasteiger partial charge in [-0.3, -0.25) is 9.97 Å². The number of unbranched alkanes of at least 4 members (excludes halogenated alkanes) is 3. The second-order valence-electron chi connectivity index (χ2n) is 13.9. The predicted molar refractivity (Wildman–Crippen MR) is 210 cm³/mol. The summed E-state index contributed by atoms with van der Waals surface area (Å²) in [5.74, 6) is 0. The van der Waals surface area contributed by atoms with Crippen molar-refractivity contribution in [1.82, 2.24) is 15.3 Å². The summed E-state index contributed by atoms with van der Waals surface area (Å²) in [6.07, 6.45) is 9.86. The minimum absolute atomic E-state index is 0.406. The average Bonchev–Trinajstić information content (AvgIpc) is 3.38. The Kier molecular flexibility index (Phi) is 14.7. The van der Waals surface area contributed by atoms with Crippen LogP contribution in [0.25, 0.3) is 11.1 Å². The van der Waals surface area contributed by atoms with Gasteiger partial charge in [-0.05, 0) is 119 Å². The molecule has 4 aromatic rings. The molecule has 2 aromatic heterocycles. The minimum Gasteiger partial charge on any atom is -0.379 e. The summed E-state index contributed by atoms with van der Waals surface area (Å²) in [5, 5.41) is 2.65. The molecule has 0 bridgehead atoms. The monoisotopic (exact) mass is 717 g/mol. The van der Waals surface area contributed by atoms with Gasteiger partial charge in [0.25, 0.3) is 0 Å². The number of hydrogen-bond acceptors (Lipinski definition) is 4. The topological polar surface area (TPSA) is 47.0 Å². The molecule has 0 fully saturated rings. The van der Waals surface area contributed by atoms with Crippen LogP contribution in [-0.4, -0.2) is 48.4 Å². The summed E-state index contributed by atoms with van der Waals surface area (Å²) < 4.78 is 45.7. The van der Waals surface area contributed by atoms with Crippen LogP contribution < -0.4 is 5.32 Å². The first kappa shape index (κ1) is 40.1. The highest BCUT2D eigenvalue weighted by Gasteiger charge is 2.45. The zero-order valence-corrected chi connectivity index (χ0v) is 31.8. The lowest BCUT2D eigenvalue weighted by molar-refractivity contribution is -0.123. The molecule has 5 rings (SSSR count). The molecule has 2 heterocycles. The van der Waals surface area contributed by atoms with Crippen LogP contribution in [0.1, 0.15) is 85.8 Å². The van der Waals surface area contributed by atoms with Crippen molar-refractivity contribution in [3.8, 4) is 11.1 Å². The molecule has 8 heteroatoms. The van der Waals surface area contributed by atoms with E-state index < -0.39 is 25.2 Å². The molecular weight excluding hydrogens is 662 g/mol. The van der Waals surface area contributed by atoms with Crippen LogP contribution in [0.5, 0.6) is 0 Å². The molecule has 1 unspecified atom stereocenters. The second-order valence-corrected chi connectivity index (χ2v) is 17.2. The van der Waals surface area contributed by atoms with E-state index in [0.29, 0.717) is 18.7 Å². The Morgan fingerprint density at radius 1 is 0.765 bits per heavy atom. The van der Waals surface area contributed by atoms with Crippen LogP contribution >= 0.6 is 7.11 Å². The summed E-state index contributed by atoms with van der Waals surface area (Å²) in [5.41, 5.74) is 8.35. The standard InChI is InChI=1S/C33H40F3N2OP.C10H15N/c1-25-14-12-15-27(38-25)16-13-22-39-40(3,4)23-11-5-10-21-32(26(2)37-24-33(34,35)36)30-19-8-6-17-28(30)29-18-7-9-20-31(29)32;1-3-4-7-10-8-5-6-9(2)11-10/h6-9,12,14-15,17-20,37H,2-3,5,10-11,13,16,21-24H2,1,4H3;5-6,8H,3-4,7H2,1-2H3. The molecule has 0 spiro atoms. The zero-order valence-electron chi connectivity index (χ0n) is 30.9. The molecule has 0 saturated heterocycles. The third-order valence-corrected chi connectivity index (χ3v) is 11.5. The zero-order chi connectivity index (χ0) is 36.9. The van der Waals surface area contributed by atoms with Crippen molar-refractivity contribution in [3.63, 3.8) is 0 Å². The molecule has 0 saturated carbocycles. The van der Waals surface area contributed by atoms with Crippen LogP contribution in [0.3, 0.4) is 0 Å². The molecule has 4 nitrogen and oxygen atoms in total. The van der Waals surface area contributed by atoms with Gasteiger partial charge in [-0.2, -0.15) is 13.2 Å². The van der Waals surface area contributed by atoms with Crippen LogP contribution in [0.4, 0.5) is 13.2 Å². The van der Waals surface area contributed by atoms with Crippen molar-refractivity contribution in [3.05, 3.63) is 131 Å². The van der Waals surface area contributed by atoms with Crippen molar-refractivity contribution < 1.29 is 17.7 Å². The van der Waals surface area contributed by atoms with Crippen LogP contribution in [0.15, 0.2) is 97.2 Å². The van der Waals surface area contributed by atoms with E-state index >= 15 is 0 Å². The first-order chi connectivity index (χ1) is 24.3. The second kappa shape index (κ2) is 18.7. The largest absolute Gasteiger partial charge is 0.405 e. The molecule has 1 N–H and O–H groups in total. The minimum atomic E-state index is -4.32. The van der Waals surface area contributed by atoms with E-state index in [0.717, 1.165) is 84.0 Å². The van der Waals surface area contributed by atoms with Crippen LogP contribution in [-0.2, 0) is 22.8 Å². The number of pyridine rings is 2. The highest BCUT2D eigenvalue weighted by molar-refractivity contribution is 7.68. The molecule has 1 aliphatic carbocycles. The molecular formula is C43H55F3N3OP. The summed E-state index contributed by atoms with van der Waals surface area (Å²) in [6, 6.07) is 28.4. The summed E-state index contributed by atoms with van der Waals surface area (Å²) in [7, 11) is -1.74. The Morgan fingerprint density at radius 2 is 1.31 bits per heavy atom. The van der Waals surface area contributed by atoms with Gasteiger partial charge >= 0.3 is 6.18 Å². The van der Waals surface area contributed by atoms with Crippen molar-refractivity contribution in [1.29, 1.82) is 0 Å². The van der Waals surface area contributed by atoms with Gasteiger partial charge in [-0.15, -0.1) is 0 Å². The number of aromatic nitrogens is 2. The lowest BCUT2D eigenvalue weighted by atomic mass is 9.72. The summed E-state index contributed by atoms with van der Waals surface area (Å²) in [4.78, 5) is 8.96. The number of halogens is 3. The SMILES string of the molecule is C=C(NCC(F)(F)F)C1(CCCCCP(=C)(C)OCCCc2cccc(C)n2)c2ccccc2-c2ccccc21.CCCCc1cccc(C)n1. The highest BCUT2D eigenvalue weighted by atomic mass is 31.2. The fraction of sp³-hybridized carbons (Fsp3) is 0.419. The Bertz CT molecular complexity index is 1720. The number of allylic oxidation sites excluding steroid dienone is 1. The lowest BCUT2D eigenvalue weighted by Crippen LogP contribution is -2.39. The quantitative estimate of drug-likeness (QED) is 0.0873. The highest BCUT2D eigenvalue weighted by Crippen LogP contribution is 2.54. The summed E-state index contributed by atoms with van der Waals surface area (Å²) in [6.45, 7) is 12.1. The van der Waals surface area contributed by atoms with E-state index in [1.807, 2.05) is 74.5 Å². The summed E-state index contributed by atoms with van der Waals surface area (Å²) >= 11 is 0. The Hall–Kier alpha value is -3.67. The van der Waals surface area contributed by atoms with Gasteiger partial charge in [0.1, 0.15) is 6.54 Å². The molecule has 1 atom stereocenters. The number of nitrogens with zero attached hydrogens (tertiary/aromatic N) is 2. The predicted octanol–water partition coefficient (Wildman–Crippen LogP) is 11.3. The smallest absolute Gasteiger partial charge is 0.379 e. The number of nitrogens with one attached hydrogen (secondary N) is 1. The van der Waals surface area contributed by atoms with E-state index in [2.05, 4.69) is 66.0 Å². The maximum Gasteiger partial charge on any atom is 0.405 e. The fourth-order valence-electron chi connectivity index (χ4n) is 6.88. The van der Waals surface area contributed by atoms with Gasteiger partial charge in [-0.1, -0.05) is 99.7 Å². The van der Waals surface area contributed by atoms with Crippen LogP contribution in [0.2, 0.25) is 0 Å².